The average Bonchev–Trinajstić information content (AvgIpc) is 2.75. The first-order chi connectivity index (χ1) is 14.9. The van der Waals surface area contributed by atoms with Crippen LogP contribution in [0.3, 0.4) is 0 Å². The fourth-order valence-corrected chi connectivity index (χ4v) is 3.86. The summed E-state index contributed by atoms with van der Waals surface area (Å²) in [5.41, 5.74) is 2.06. The number of aryl methyl sites for hydroxylation is 2. The lowest BCUT2D eigenvalue weighted by Crippen LogP contribution is -2.38. The fourth-order valence-electron chi connectivity index (χ4n) is 3.86. The predicted octanol–water partition coefficient (Wildman–Crippen LogP) is 4.69. The first kappa shape index (κ1) is 20.8. The van der Waals surface area contributed by atoms with Gasteiger partial charge in [0.15, 0.2) is 0 Å². The molecular formula is C25H25NO5. The Balaban J connectivity index is 1.53. The molecular weight excluding hydrogens is 394 g/mol. The Morgan fingerprint density at radius 1 is 0.968 bits per heavy atom. The third kappa shape index (κ3) is 4.68. The molecule has 0 spiro atoms. The molecule has 1 saturated carbocycles. The molecule has 1 heterocycles. The van der Waals surface area contributed by atoms with E-state index in [1.165, 1.54) is 18.6 Å². The minimum atomic E-state index is -0.710. The Bertz CT molecular complexity index is 1200. The zero-order valence-electron chi connectivity index (χ0n) is 17.7. The SMILES string of the molecule is Cc1ccc(C(=O)Oc2ccc3cc(C(=O)NC4CCCCC4)c(=O)oc3c2)cc1C. The van der Waals surface area contributed by atoms with Gasteiger partial charge in [0.25, 0.3) is 5.91 Å². The van der Waals surface area contributed by atoms with Crippen molar-refractivity contribution in [2.45, 2.75) is 52.0 Å². The number of rotatable bonds is 4. The average molecular weight is 419 g/mol. The van der Waals surface area contributed by atoms with Crippen molar-refractivity contribution in [3.63, 3.8) is 0 Å². The Labute approximate surface area is 180 Å². The van der Waals surface area contributed by atoms with Gasteiger partial charge in [-0.2, -0.15) is 0 Å². The number of carbonyl (C=O) groups is 2. The van der Waals surface area contributed by atoms with Crippen LogP contribution in [0.15, 0.2) is 51.7 Å². The summed E-state index contributed by atoms with van der Waals surface area (Å²) in [6.45, 7) is 3.90. The van der Waals surface area contributed by atoms with Crippen molar-refractivity contribution < 1.29 is 18.7 Å². The van der Waals surface area contributed by atoms with Crippen LogP contribution in [0.25, 0.3) is 11.0 Å². The number of amides is 1. The Hall–Kier alpha value is -3.41. The highest BCUT2D eigenvalue weighted by atomic mass is 16.5. The highest BCUT2D eigenvalue weighted by Gasteiger charge is 2.20. The van der Waals surface area contributed by atoms with E-state index in [-0.39, 0.29) is 22.9 Å². The zero-order chi connectivity index (χ0) is 22.0. The van der Waals surface area contributed by atoms with Gasteiger partial charge in [-0.05, 0) is 68.1 Å². The van der Waals surface area contributed by atoms with Gasteiger partial charge in [-0.3, -0.25) is 4.79 Å². The van der Waals surface area contributed by atoms with Gasteiger partial charge in [0.1, 0.15) is 16.9 Å². The monoisotopic (exact) mass is 419 g/mol. The van der Waals surface area contributed by atoms with Crippen LogP contribution < -0.4 is 15.7 Å². The third-order valence-electron chi connectivity index (χ3n) is 5.85. The summed E-state index contributed by atoms with van der Waals surface area (Å²) in [5.74, 6) is -0.639. The van der Waals surface area contributed by atoms with E-state index in [1.807, 2.05) is 19.9 Å². The number of benzene rings is 2. The Kier molecular flexibility index (Phi) is 5.89. The summed E-state index contributed by atoms with van der Waals surface area (Å²) in [5, 5.41) is 3.52. The van der Waals surface area contributed by atoms with Gasteiger partial charge in [0, 0.05) is 17.5 Å². The molecule has 1 aliphatic rings. The number of carbonyl (C=O) groups excluding carboxylic acids is 2. The molecule has 1 aliphatic carbocycles. The van der Waals surface area contributed by atoms with E-state index in [1.54, 1.807) is 24.3 Å². The van der Waals surface area contributed by atoms with Crippen molar-refractivity contribution in [3.05, 3.63) is 75.1 Å². The van der Waals surface area contributed by atoms with Gasteiger partial charge in [-0.15, -0.1) is 0 Å². The lowest BCUT2D eigenvalue weighted by atomic mass is 9.95. The molecule has 3 aromatic rings. The minimum absolute atomic E-state index is 0.0158. The van der Waals surface area contributed by atoms with Gasteiger partial charge in [-0.25, -0.2) is 9.59 Å². The van der Waals surface area contributed by atoms with Crippen LogP contribution in [0.4, 0.5) is 0 Å². The van der Waals surface area contributed by atoms with Gasteiger partial charge in [0.05, 0.1) is 5.56 Å². The topological polar surface area (TPSA) is 85.6 Å². The highest BCUT2D eigenvalue weighted by Crippen LogP contribution is 2.23. The summed E-state index contributed by atoms with van der Waals surface area (Å²) < 4.78 is 10.8. The predicted molar refractivity (Wildman–Crippen MR) is 118 cm³/mol. The number of esters is 1. The summed E-state index contributed by atoms with van der Waals surface area (Å²) in [4.78, 5) is 37.4. The van der Waals surface area contributed by atoms with E-state index < -0.39 is 17.5 Å². The van der Waals surface area contributed by atoms with Crippen LogP contribution in [0.2, 0.25) is 0 Å². The molecule has 31 heavy (non-hydrogen) atoms. The van der Waals surface area contributed by atoms with Crippen molar-refractivity contribution in [3.8, 4) is 5.75 Å². The second-order valence-electron chi connectivity index (χ2n) is 8.14. The molecule has 6 heteroatoms. The highest BCUT2D eigenvalue weighted by molar-refractivity contribution is 5.97. The molecule has 0 unspecified atom stereocenters. The van der Waals surface area contributed by atoms with Crippen LogP contribution in [0, 0.1) is 13.8 Å². The molecule has 1 N–H and O–H groups in total. The maximum absolute atomic E-state index is 12.6. The summed E-state index contributed by atoms with van der Waals surface area (Å²) >= 11 is 0. The Morgan fingerprint density at radius 3 is 2.48 bits per heavy atom. The van der Waals surface area contributed by atoms with Crippen LogP contribution in [-0.4, -0.2) is 17.9 Å². The summed E-state index contributed by atoms with van der Waals surface area (Å²) in [6, 6.07) is 11.7. The molecule has 0 bridgehead atoms. The first-order valence-corrected chi connectivity index (χ1v) is 10.6. The van der Waals surface area contributed by atoms with E-state index in [2.05, 4.69) is 5.32 Å². The fraction of sp³-hybridized carbons (Fsp3) is 0.320. The molecule has 0 aliphatic heterocycles. The molecule has 2 aromatic carbocycles. The molecule has 6 nitrogen and oxygen atoms in total. The van der Waals surface area contributed by atoms with Crippen molar-refractivity contribution in [1.82, 2.24) is 5.32 Å². The second kappa shape index (κ2) is 8.76. The summed E-state index contributed by atoms with van der Waals surface area (Å²) in [6.07, 6.45) is 5.21. The molecule has 0 atom stereocenters. The van der Waals surface area contributed by atoms with E-state index in [4.69, 9.17) is 9.15 Å². The van der Waals surface area contributed by atoms with E-state index >= 15 is 0 Å². The van der Waals surface area contributed by atoms with E-state index in [0.717, 1.165) is 36.8 Å². The second-order valence-corrected chi connectivity index (χ2v) is 8.14. The van der Waals surface area contributed by atoms with E-state index in [9.17, 15) is 14.4 Å². The number of hydrogen-bond acceptors (Lipinski definition) is 5. The molecule has 0 radical (unpaired) electrons. The van der Waals surface area contributed by atoms with E-state index in [0.29, 0.717) is 10.9 Å². The van der Waals surface area contributed by atoms with Gasteiger partial charge in [-0.1, -0.05) is 25.3 Å². The van der Waals surface area contributed by atoms with Crippen LogP contribution in [0.5, 0.6) is 5.75 Å². The lowest BCUT2D eigenvalue weighted by molar-refractivity contribution is 0.0734. The third-order valence-corrected chi connectivity index (χ3v) is 5.85. The molecule has 160 valence electrons. The minimum Gasteiger partial charge on any atom is -0.423 e. The lowest BCUT2D eigenvalue weighted by Gasteiger charge is -2.22. The normalized spacial score (nSPS) is 14.4. The number of fused-ring (bicyclic) bond motifs is 1. The Morgan fingerprint density at radius 2 is 1.74 bits per heavy atom. The van der Waals surface area contributed by atoms with Gasteiger partial charge >= 0.3 is 11.6 Å². The largest absolute Gasteiger partial charge is 0.423 e. The molecule has 4 rings (SSSR count). The van der Waals surface area contributed by atoms with Crippen molar-refractivity contribution >= 4 is 22.8 Å². The van der Waals surface area contributed by atoms with Gasteiger partial charge in [0.2, 0.25) is 0 Å². The quantitative estimate of drug-likeness (QED) is 0.377. The van der Waals surface area contributed by atoms with Crippen LogP contribution in [-0.2, 0) is 0 Å². The number of nitrogens with one attached hydrogen (secondary N) is 1. The van der Waals surface area contributed by atoms with Crippen molar-refractivity contribution in [1.29, 1.82) is 0 Å². The van der Waals surface area contributed by atoms with Gasteiger partial charge < -0.3 is 14.5 Å². The molecule has 1 amide bonds. The number of ether oxygens (including phenoxy) is 1. The first-order valence-electron chi connectivity index (χ1n) is 10.6. The molecule has 1 aromatic heterocycles. The smallest absolute Gasteiger partial charge is 0.349 e. The van der Waals surface area contributed by atoms with Crippen molar-refractivity contribution in [2.24, 2.45) is 0 Å². The van der Waals surface area contributed by atoms with Crippen LogP contribution >= 0.6 is 0 Å². The number of hydrogen-bond donors (Lipinski definition) is 1. The zero-order valence-corrected chi connectivity index (χ0v) is 17.7. The standard InChI is InChI=1S/C25H25NO5/c1-15-8-9-18(12-16(15)2)24(28)30-20-11-10-17-13-21(25(29)31-22(17)14-20)23(27)26-19-6-4-3-5-7-19/h8-14,19H,3-7H2,1-2H3,(H,26,27). The molecule has 1 fully saturated rings. The maximum Gasteiger partial charge on any atom is 0.349 e. The molecule has 0 saturated heterocycles. The van der Waals surface area contributed by atoms with Crippen LogP contribution in [0.1, 0.15) is 63.9 Å². The maximum atomic E-state index is 12.6. The van der Waals surface area contributed by atoms with Crippen molar-refractivity contribution in [2.75, 3.05) is 0 Å². The summed E-state index contributed by atoms with van der Waals surface area (Å²) in [7, 11) is 0.